The van der Waals surface area contributed by atoms with Gasteiger partial charge in [0.05, 0.1) is 37.3 Å². The average molecular weight is 810 g/mol. The maximum Gasteiger partial charge on any atom is 0.407 e. The van der Waals surface area contributed by atoms with Crippen molar-refractivity contribution in [2.24, 2.45) is 28.7 Å². The summed E-state index contributed by atoms with van der Waals surface area (Å²) in [5, 5.41) is 7.53. The lowest BCUT2D eigenvalue weighted by Gasteiger charge is -2.33. The number of likely N-dealkylation sites (tertiary alicyclic amines) is 2. The van der Waals surface area contributed by atoms with Gasteiger partial charge in [-0.15, -0.1) is 0 Å². The number of methoxy groups -OCH3 is 2. The Balaban J connectivity index is 0.864. The quantitative estimate of drug-likeness (QED) is 0.159. The van der Waals surface area contributed by atoms with Crippen LogP contribution in [0, 0.1) is 35.5 Å². The molecule has 1 aromatic heterocycles. The fourth-order valence-electron chi connectivity index (χ4n) is 9.60. The first-order valence-corrected chi connectivity index (χ1v) is 21.1. The third-order valence-electron chi connectivity index (χ3n) is 13.1. The second kappa shape index (κ2) is 15.5. The van der Waals surface area contributed by atoms with E-state index in [9.17, 15) is 19.2 Å². The van der Waals surface area contributed by atoms with Crippen LogP contribution in [0.1, 0.15) is 88.4 Å². The number of nitrogens with one attached hydrogen (secondary N) is 3. The van der Waals surface area contributed by atoms with Crippen LogP contribution in [0.25, 0.3) is 27.4 Å². The molecule has 2 saturated carbocycles. The largest absolute Gasteiger partial charge is 0.453 e. The zero-order chi connectivity index (χ0) is 42.0. The maximum atomic E-state index is 13.9. The van der Waals surface area contributed by atoms with Crippen LogP contribution in [-0.4, -0.2) is 93.9 Å². The number of aromatic nitrogens is 2. The molecule has 3 aromatic carbocycles. The monoisotopic (exact) mass is 809 g/mol. The molecule has 4 fully saturated rings. The Morgan fingerprint density at radius 3 is 1.95 bits per heavy atom. The zero-order valence-electron chi connectivity index (χ0n) is 34.8. The van der Waals surface area contributed by atoms with E-state index in [0.29, 0.717) is 18.3 Å². The third-order valence-corrected chi connectivity index (χ3v) is 13.1. The number of piperidine rings is 2. The van der Waals surface area contributed by atoms with Crippen molar-refractivity contribution in [2.45, 2.75) is 96.1 Å². The van der Waals surface area contributed by atoms with E-state index < -0.39 is 24.3 Å². The topological polar surface area (TPSA) is 158 Å². The number of hydrogen-bond donors (Lipinski definition) is 3. The number of nitrogens with zero attached hydrogens (tertiary/aromatic N) is 4. The standard InChI is InChI=1S/C47H51N7O6/c1-24(2)40(51-46(57)59-5)44(55)53-36-19-30(36)21-38(53)35-18-32(23-48-35)28-12-9-26(10-13-28)7-8-27-11-15-33-29(17-27)14-16-34-42(33)50-43(49-34)39-22-31-20-37(31)54(39)45(56)41(25(3)4)52-47(58)60-6/h9-17,23-25,30-31,36-41H,18-22H2,1-6H3,(H,49,50)(H,51,57)(H,52,58)/t30-,31-,36-,37-,38+,39+,40+,41+/m1/s1. The van der Waals surface area contributed by atoms with Gasteiger partial charge in [0.1, 0.15) is 17.9 Å². The van der Waals surface area contributed by atoms with Gasteiger partial charge in [0.25, 0.3) is 0 Å². The number of allylic oxidation sites excluding steroid dienone is 1. The minimum atomic E-state index is -0.684. The fourth-order valence-corrected chi connectivity index (χ4v) is 9.60. The Hall–Kier alpha value is -6.16. The van der Waals surface area contributed by atoms with E-state index in [-0.39, 0.29) is 47.8 Å². The van der Waals surface area contributed by atoms with Gasteiger partial charge in [-0.3, -0.25) is 14.6 Å². The average Bonchev–Trinajstić information content (AvgIpc) is 3.86. The smallest absolute Gasteiger partial charge is 0.407 e. The molecule has 2 saturated heterocycles. The van der Waals surface area contributed by atoms with Crippen molar-refractivity contribution >= 4 is 57.1 Å². The van der Waals surface area contributed by atoms with Crippen molar-refractivity contribution in [1.82, 2.24) is 30.4 Å². The summed E-state index contributed by atoms with van der Waals surface area (Å²) in [5.41, 5.74) is 6.71. The highest BCUT2D eigenvalue weighted by atomic mass is 16.5. The van der Waals surface area contributed by atoms with Crippen LogP contribution in [0.3, 0.4) is 0 Å². The van der Waals surface area contributed by atoms with Crippen LogP contribution in [0.4, 0.5) is 9.59 Å². The number of carbonyl (C=O) groups excluding carboxylic acids is 4. The second-order valence-electron chi connectivity index (χ2n) is 17.6. The van der Waals surface area contributed by atoms with Crippen LogP contribution in [-0.2, 0) is 19.1 Å². The molecule has 13 nitrogen and oxygen atoms in total. The molecule has 13 heteroatoms. The fraction of sp³-hybridized carbons (Fsp3) is 0.447. The minimum absolute atomic E-state index is 0.0654. The molecule has 4 heterocycles. The first kappa shape index (κ1) is 39.3. The Labute approximate surface area is 349 Å². The molecule has 60 heavy (non-hydrogen) atoms. The van der Waals surface area contributed by atoms with E-state index in [0.717, 1.165) is 81.3 Å². The van der Waals surface area contributed by atoms with E-state index in [2.05, 4.69) is 57.8 Å². The molecule has 2 aliphatic carbocycles. The Kier molecular flexibility index (Phi) is 10.1. The van der Waals surface area contributed by atoms with Crippen LogP contribution >= 0.6 is 0 Å². The maximum absolute atomic E-state index is 13.9. The van der Waals surface area contributed by atoms with Gasteiger partial charge in [0.15, 0.2) is 0 Å². The van der Waals surface area contributed by atoms with Crippen molar-refractivity contribution < 1.29 is 28.7 Å². The van der Waals surface area contributed by atoms with Crippen molar-refractivity contribution in [1.29, 1.82) is 0 Å². The minimum Gasteiger partial charge on any atom is -0.453 e. The number of carbonyl (C=O) groups is 4. The molecule has 5 aliphatic rings. The number of alkyl carbamates (subject to hydrolysis) is 2. The zero-order valence-corrected chi connectivity index (χ0v) is 34.8. The summed E-state index contributed by atoms with van der Waals surface area (Å²) in [6.45, 7) is 7.71. The lowest BCUT2D eigenvalue weighted by atomic mass is 9.96. The first-order chi connectivity index (χ1) is 28.9. The highest BCUT2D eigenvalue weighted by molar-refractivity contribution is 6.05. The van der Waals surface area contributed by atoms with Crippen molar-refractivity contribution in [3.05, 3.63) is 83.3 Å². The summed E-state index contributed by atoms with van der Waals surface area (Å²) < 4.78 is 9.62. The van der Waals surface area contributed by atoms with Crippen molar-refractivity contribution in [2.75, 3.05) is 14.2 Å². The molecule has 0 bridgehead atoms. The molecule has 4 amide bonds. The van der Waals surface area contributed by atoms with Gasteiger partial charge >= 0.3 is 12.2 Å². The molecular formula is C47H51N7O6. The van der Waals surface area contributed by atoms with Gasteiger partial charge in [0.2, 0.25) is 11.8 Å². The summed E-state index contributed by atoms with van der Waals surface area (Å²) in [7, 11) is 2.61. The number of ether oxygens (including phenoxy) is 2. The van der Waals surface area contributed by atoms with Gasteiger partial charge in [-0.1, -0.05) is 63.8 Å². The first-order valence-electron chi connectivity index (χ1n) is 21.1. The van der Waals surface area contributed by atoms with Crippen molar-refractivity contribution in [3.63, 3.8) is 0 Å². The molecule has 9 rings (SSSR count). The van der Waals surface area contributed by atoms with Crippen LogP contribution in [0.5, 0.6) is 0 Å². The van der Waals surface area contributed by atoms with Gasteiger partial charge < -0.3 is 34.9 Å². The number of imidazole rings is 1. The number of aromatic amines is 1. The summed E-state index contributed by atoms with van der Waals surface area (Å²) in [5.74, 6) is 7.99. The lowest BCUT2D eigenvalue weighted by Crippen LogP contribution is -2.54. The van der Waals surface area contributed by atoms with Gasteiger partial charge in [0, 0.05) is 46.9 Å². The van der Waals surface area contributed by atoms with E-state index >= 15 is 0 Å². The Morgan fingerprint density at radius 1 is 0.750 bits per heavy atom. The molecule has 4 aromatic rings. The second-order valence-corrected chi connectivity index (χ2v) is 17.6. The summed E-state index contributed by atoms with van der Waals surface area (Å²) in [6.07, 6.45) is 5.08. The number of H-pyrrole nitrogens is 1. The molecule has 8 atom stereocenters. The molecule has 310 valence electrons. The Bertz CT molecular complexity index is 2530. The van der Waals surface area contributed by atoms with Crippen LogP contribution < -0.4 is 10.6 Å². The summed E-state index contributed by atoms with van der Waals surface area (Å²) in [6, 6.07) is 17.2. The summed E-state index contributed by atoms with van der Waals surface area (Å²) >= 11 is 0. The van der Waals surface area contributed by atoms with Gasteiger partial charge in [-0.05, 0) is 96.2 Å². The molecule has 0 unspecified atom stereocenters. The molecule has 0 radical (unpaired) electrons. The Morgan fingerprint density at radius 2 is 1.33 bits per heavy atom. The van der Waals surface area contributed by atoms with E-state index in [4.69, 9.17) is 19.5 Å². The predicted molar refractivity (Wildman–Crippen MR) is 228 cm³/mol. The van der Waals surface area contributed by atoms with E-state index in [1.165, 1.54) is 14.2 Å². The normalized spacial score (nSPS) is 24.6. The number of amides is 4. The highest BCUT2D eigenvalue weighted by Gasteiger charge is 2.57. The van der Waals surface area contributed by atoms with Gasteiger partial charge in [-0.2, -0.15) is 0 Å². The number of fused-ring (bicyclic) bond motifs is 5. The number of hydrogen-bond acceptors (Lipinski definition) is 8. The highest BCUT2D eigenvalue weighted by Crippen LogP contribution is 2.54. The number of benzene rings is 3. The van der Waals surface area contributed by atoms with Crippen LogP contribution in [0.2, 0.25) is 0 Å². The van der Waals surface area contributed by atoms with Crippen LogP contribution in [0.15, 0.2) is 65.8 Å². The number of rotatable bonds is 9. The van der Waals surface area contributed by atoms with E-state index in [1.807, 2.05) is 68.0 Å². The van der Waals surface area contributed by atoms with Crippen molar-refractivity contribution in [3.8, 4) is 11.8 Å². The SMILES string of the molecule is COC(=O)N[C@H](C(=O)N1[C@@H]2C[C@@H]2C[C@H]1C1=NC=C(c2ccc(C#Cc3ccc4c(ccc5[nH]c([C@@H]6C[C@H]7C[C@H]7N6C(=O)[C@@H](NC(=O)OC)C(C)C)nc54)c3)cc2)C1)C(C)C. The predicted octanol–water partition coefficient (Wildman–Crippen LogP) is 6.71. The molecule has 3 N–H and O–H groups in total. The number of aliphatic imine (C=N–C) groups is 1. The molecule has 0 spiro atoms. The lowest BCUT2D eigenvalue weighted by molar-refractivity contribution is -0.137. The third kappa shape index (κ3) is 7.26. The molecule has 3 aliphatic heterocycles. The molecular weight excluding hydrogens is 759 g/mol. The van der Waals surface area contributed by atoms with E-state index in [1.54, 1.807) is 0 Å². The summed E-state index contributed by atoms with van der Waals surface area (Å²) in [4.78, 5) is 69.2. The van der Waals surface area contributed by atoms with Gasteiger partial charge in [-0.25, -0.2) is 14.6 Å².